The van der Waals surface area contributed by atoms with E-state index in [1.807, 2.05) is 24.3 Å². The van der Waals surface area contributed by atoms with Crippen LogP contribution >= 0.6 is 0 Å². The quantitative estimate of drug-likeness (QED) is 0.683. The van der Waals surface area contributed by atoms with E-state index < -0.39 is 6.10 Å². The Kier molecular flexibility index (Phi) is 3.11. The first kappa shape index (κ1) is 9.83. The van der Waals surface area contributed by atoms with Crippen molar-refractivity contribution in [2.45, 2.75) is 25.9 Å². The number of terminal acetylenes is 1. The van der Waals surface area contributed by atoms with Gasteiger partial charge < -0.3 is 5.11 Å². The summed E-state index contributed by atoms with van der Waals surface area (Å²) in [6.07, 6.45) is 4.33. The number of aliphatic hydroxyl groups is 1. The Labute approximate surface area is 79.4 Å². The molecule has 1 N–H and O–H groups in total. The summed E-state index contributed by atoms with van der Waals surface area (Å²) in [5.41, 5.74) is 2.04. The zero-order valence-electron chi connectivity index (χ0n) is 7.99. The van der Waals surface area contributed by atoms with Crippen molar-refractivity contribution in [3.63, 3.8) is 0 Å². The fraction of sp³-hybridized carbons (Fsp3) is 0.333. The van der Waals surface area contributed by atoms with Gasteiger partial charge >= 0.3 is 0 Å². The summed E-state index contributed by atoms with van der Waals surface area (Å²) in [6, 6.07) is 7.75. The third-order valence-electron chi connectivity index (χ3n) is 2.08. The molecule has 0 fully saturated rings. The average Bonchev–Trinajstić information content (AvgIpc) is 2.17. The highest BCUT2D eigenvalue weighted by Crippen LogP contribution is 2.17. The maximum Gasteiger partial charge on any atom is 0.139 e. The van der Waals surface area contributed by atoms with Crippen molar-refractivity contribution in [2.75, 3.05) is 0 Å². The van der Waals surface area contributed by atoms with Crippen LogP contribution in [-0.4, -0.2) is 5.11 Å². The Hall–Kier alpha value is -1.26. The number of hydrogen-bond donors (Lipinski definition) is 1. The maximum absolute atomic E-state index is 9.32. The van der Waals surface area contributed by atoms with Crippen LogP contribution in [0.1, 0.15) is 37.0 Å². The van der Waals surface area contributed by atoms with Gasteiger partial charge in [0.05, 0.1) is 0 Å². The lowest BCUT2D eigenvalue weighted by Gasteiger charge is -2.07. The van der Waals surface area contributed by atoms with Gasteiger partial charge in [-0.1, -0.05) is 44.0 Å². The smallest absolute Gasteiger partial charge is 0.139 e. The third-order valence-corrected chi connectivity index (χ3v) is 2.08. The Balaban J connectivity index is 2.89. The molecule has 0 spiro atoms. The molecule has 1 atom stereocenters. The summed E-state index contributed by atoms with van der Waals surface area (Å²) in [5.74, 6) is 2.80. The van der Waals surface area contributed by atoms with Crippen molar-refractivity contribution in [3.8, 4) is 12.3 Å². The molecule has 1 rings (SSSR count). The molecule has 0 amide bonds. The van der Waals surface area contributed by atoms with Crippen molar-refractivity contribution in [1.82, 2.24) is 0 Å². The van der Waals surface area contributed by atoms with Gasteiger partial charge in [-0.15, -0.1) is 6.42 Å². The number of benzene rings is 1. The normalized spacial score (nSPS) is 12.5. The fourth-order valence-electron chi connectivity index (χ4n) is 1.16. The summed E-state index contributed by atoms with van der Waals surface area (Å²) in [4.78, 5) is 0. The molecular weight excluding hydrogens is 160 g/mol. The summed E-state index contributed by atoms with van der Waals surface area (Å²) in [7, 11) is 0. The van der Waals surface area contributed by atoms with Crippen LogP contribution in [0.15, 0.2) is 24.3 Å². The minimum Gasteiger partial charge on any atom is -0.376 e. The Morgan fingerprint density at radius 2 is 1.62 bits per heavy atom. The van der Waals surface area contributed by atoms with Gasteiger partial charge in [0.15, 0.2) is 0 Å². The molecule has 0 bridgehead atoms. The van der Waals surface area contributed by atoms with Crippen LogP contribution in [0.5, 0.6) is 0 Å². The molecule has 0 unspecified atom stereocenters. The number of rotatable bonds is 2. The summed E-state index contributed by atoms with van der Waals surface area (Å²) < 4.78 is 0. The summed E-state index contributed by atoms with van der Waals surface area (Å²) >= 11 is 0. The van der Waals surface area contributed by atoms with E-state index in [1.165, 1.54) is 5.56 Å². The molecule has 13 heavy (non-hydrogen) atoms. The van der Waals surface area contributed by atoms with E-state index in [4.69, 9.17) is 6.42 Å². The van der Waals surface area contributed by atoms with E-state index in [9.17, 15) is 5.11 Å². The van der Waals surface area contributed by atoms with Crippen molar-refractivity contribution < 1.29 is 5.11 Å². The van der Waals surface area contributed by atoms with Crippen LogP contribution in [0.2, 0.25) is 0 Å². The lowest BCUT2D eigenvalue weighted by Crippen LogP contribution is -1.94. The van der Waals surface area contributed by atoms with Gasteiger partial charge in [-0.3, -0.25) is 0 Å². The molecule has 0 saturated carbocycles. The number of hydrogen-bond acceptors (Lipinski definition) is 1. The molecule has 0 aliphatic rings. The molecule has 0 heterocycles. The van der Waals surface area contributed by atoms with Gasteiger partial charge in [-0.2, -0.15) is 0 Å². The van der Waals surface area contributed by atoms with E-state index in [0.717, 1.165) is 5.56 Å². The Morgan fingerprint density at radius 3 is 2.00 bits per heavy atom. The molecule has 1 aromatic carbocycles. The highest BCUT2D eigenvalue weighted by atomic mass is 16.3. The van der Waals surface area contributed by atoms with Crippen LogP contribution in [0.4, 0.5) is 0 Å². The van der Waals surface area contributed by atoms with E-state index in [0.29, 0.717) is 5.92 Å². The van der Waals surface area contributed by atoms with Gasteiger partial charge in [0.1, 0.15) is 6.10 Å². The second-order valence-electron chi connectivity index (χ2n) is 3.39. The highest BCUT2D eigenvalue weighted by molar-refractivity contribution is 5.29. The minimum atomic E-state index is -0.777. The molecule has 0 aliphatic heterocycles. The predicted molar refractivity (Wildman–Crippen MR) is 54.3 cm³/mol. The standard InChI is InChI=1S/C12H14O/c1-4-12(13)11-7-5-10(6-8-11)9(2)3/h1,5-9,12-13H,2-3H3/t12-/m1/s1. The molecule has 1 nitrogen and oxygen atoms in total. The SMILES string of the molecule is C#C[C@@H](O)c1ccc(C(C)C)cc1. The first-order valence-corrected chi connectivity index (χ1v) is 4.39. The molecule has 0 aliphatic carbocycles. The van der Waals surface area contributed by atoms with Gasteiger partial charge in [0, 0.05) is 0 Å². The zero-order valence-corrected chi connectivity index (χ0v) is 7.99. The number of aliphatic hydroxyl groups excluding tert-OH is 1. The van der Waals surface area contributed by atoms with E-state index in [-0.39, 0.29) is 0 Å². The van der Waals surface area contributed by atoms with Crippen LogP contribution in [0, 0.1) is 12.3 Å². The topological polar surface area (TPSA) is 20.2 Å². The van der Waals surface area contributed by atoms with Gasteiger partial charge in [-0.25, -0.2) is 0 Å². The van der Waals surface area contributed by atoms with Crippen molar-refractivity contribution in [2.24, 2.45) is 0 Å². The van der Waals surface area contributed by atoms with Crippen LogP contribution in [0.3, 0.4) is 0 Å². The zero-order chi connectivity index (χ0) is 9.84. The van der Waals surface area contributed by atoms with Gasteiger partial charge in [-0.05, 0) is 17.0 Å². The third kappa shape index (κ3) is 2.34. The van der Waals surface area contributed by atoms with Crippen LogP contribution < -0.4 is 0 Å². The van der Waals surface area contributed by atoms with E-state index in [2.05, 4.69) is 19.8 Å². The van der Waals surface area contributed by atoms with Crippen LogP contribution in [-0.2, 0) is 0 Å². The van der Waals surface area contributed by atoms with E-state index in [1.54, 1.807) is 0 Å². The summed E-state index contributed by atoms with van der Waals surface area (Å²) in [5, 5.41) is 9.32. The Morgan fingerprint density at radius 1 is 1.15 bits per heavy atom. The minimum absolute atomic E-state index is 0.511. The molecule has 1 aromatic rings. The molecule has 0 aromatic heterocycles. The Bertz CT molecular complexity index is 303. The highest BCUT2D eigenvalue weighted by Gasteiger charge is 2.03. The van der Waals surface area contributed by atoms with E-state index >= 15 is 0 Å². The van der Waals surface area contributed by atoms with Gasteiger partial charge in [0.2, 0.25) is 0 Å². The maximum atomic E-state index is 9.32. The molecule has 0 radical (unpaired) electrons. The van der Waals surface area contributed by atoms with Crippen molar-refractivity contribution in [3.05, 3.63) is 35.4 Å². The second-order valence-corrected chi connectivity index (χ2v) is 3.39. The largest absolute Gasteiger partial charge is 0.376 e. The average molecular weight is 174 g/mol. The second kappa shape index (κ2) is 4.11. The lowest BCUT2D eigenvalue weighted by molar-refractivity contribution is 0.238. The fourth-order valence-corrected chi connectivity index (χ4v) is 1.16. The molecule has 1 heteroatoms. The monoisotopic (exact) mass is 174 g/mol. The molecular formula is C12H14O. The molecule has 0 saturated heterocycles. The van der Waals surface area contributed by atoms with Crippen molar-refractivity contribution in [1.29, 1.82) is 0 Å². The van der Waals surface area contributed by atoms with Crippen LogP contribution in [0.25, 0.3) is 0 Å². The van der Waals surface area contributed by atoms with Crippen molar-refractivity contribution >= 4 is 0 Å². The first-order chi connectivity index (χ1) is 6.15. The van der Waals surface area contributed by atoms with Gasteiger partial charge in [0.25, 0.3) is 0 Å². The lowest BCUT2D eigenvalue weighted by atomic mass is 10.0. The molecule has 68 valence electrons. The predicted octanol–water partition coefficient (Wildman–Crippen LogP) is 2.48. The summed E-state index contributed by atoms with van der Waals surface area (Å²) in [6.45, 7) is 4.26. The first-order valence-electron chi connectivity index (χ1n) is 4.39.